The highest BCUT2D eigenvalue weighted by atomic mass is 15.4. The maximum absolute atomic E-state index is 4.96. The van der Waals surface area contributed by atoms with E-state index in [2.05, 4.69) is 54.0 Å². The fraction of sp³-hybridized carbons (Fsp3) is 0.500. The maximum Gasteiger partial charge on any atom is 0.172 e. The predicted octanol–water partition coefficient (Wildman–Crippen LogP) is 3.07. The highest BCUT2D eigenvalue weighted by molar-refractivity contribution is 5.42. The molecule has 3 heterocycles. The summed E-state index contributed by atoms with van der Waals surface area (Å²) in [5.41, 5.74) is 3.57. The van der Waals surface area contributed by atoms with Gasteiger partial charge < -0.3 is 0 Å². The van der Waals surface area contributed by atoms with E-state index in [4.69, 9.17) is 10.1 Å². The highest BCUT2D eigenvalue weighted by Crippen LogP contribution is 2.29. The molecule has 0 bridgehead atoms. The molecule has 0 aliphatic carbocycles. The van der Waals surface area contributed by atoms with E-state index in [1.807, 2.05) is 4.68 Å². The number of hydrogen-bond donors (Lipinski definition) is 0. The van der Waals surface area contributed by atoms with Gasteiger partial charge in [-0.3, -0.25) is 4.90 Å². The Kier molecular flexibility index (Phi) is 5.03. The zero-order chi connectivity index (χ0) is 18.8. The second-order valence-electron chi connectivity index (χ2n) is 7.35. The van der Waals surface area contributed by atoms with Gasteiger partial charge in [0.05, 0.1) is 11.7 Å². The molecule has 0 radical (unpaired) electrons. The van der Waals surface area contributed by atoms with Crippen LogP contribution in [0.5, 0.6) is 0 Å². The fourth-order valence-electron chi connectivity index (χ4n) is 3.99. The van der Waals surface area contributed by atoms with Crippen LogP contribution < -0.4 is 0 Å². The molecule has 0 N–H and O–H groups in total. The van der Waals surface area contributed by atoms with Gasteiger partial charge in [0.25, 0.3) is 0 Å². The second kappa shape index (κ2) is 7.60. The van der Waals surface area contributed by atoms with Crippen LogP contribution in [-0.2, 0) is 6.54 Å². The summed E-state index contributed by atoms with van der Waals surface area (Å²) in [5.74, 6) is 1.80. The molecular weight excluding hydrogens is 338 g/mol. The van der Waals surface area contributed by atoms with Gasteiger partial charge in [-0.1, -0.05) is 24.6 Å². The summed E-state index contributed by atoms with van der Waals surface area (Å²) in [4.78, 5) is 11.5. The number of benzene rings is 1. The molecular formula is C20H27N7. The molecule has 7 nitrogen and oxygen atoms in total. The molecule has 1 fully saturated rings. The summed E-state index contributed by atoms with van der Waals surface area (Å²) in [6.07, 6.45) is 6.79. The van der Waals surface area contributed by atoms with Crippen molar-refractivity contribution in [3.05, 3.63) is 53.6 Å². The largest absolute Gasteiger partial charge is 0.293 e. The molecule has 3 aromatic rings. The van der Waals surface area contributed by atoms with Crippen LogP contribution in [0.15, 0.2) is 30.9 Å². The van der Waals surface area contributed by atoms with Gasteiger partial charge in [0.2, 0.25) is 0 Å². The van der Waals surface area contributed by atoms with E-state index in [1.165, 1.54) is 24.0 Å². The Balaban J connectivity index is 1.77. The Bertz CT molecular complexity index is 891. The van der Waals surface area contributed by atoms with Crippen molar-refractivity contribution in [3.63, 3.8) is 0 Å². The van der Waals surface area contributed by atoms with E-state index >= 15 is 0 Å². The van der Waals surface area contributed by atoms with E-state index < -0.39 is 0 Å². The molecule has 0 spiro atoms. The van der Waals surface area contributed by atoms with Crippen LogP contribution in [0.4, 0.5) is 0 Å². The Hall–Kier alpha value is -2.54. The van der Waals surface area contributed by atoms with Crippen LogP contribution >= 0.6 is 0 Å². The van der Waals surface area contributed by atoms with Crippen molar-refractivity contribution in [2.24, 2.45) is 0 Å². The van der Waals surface area contributed by atoms with Crippen molar-refractivity contribution in [2.75, 3.05) is 13.1 Å². The smallest absolute Gasteiger partial charge is 0.172 e. The Labute approximate surface area is 160 Å². The number of aryl methyl sites for hydroxylation is 2. The van der Waals surface area contributed by atoms with Crippen molar-refractivity contribution >= 4 is 0 Å². The number of hydrogen-bond acceptors (Lipinski definition) is 5. The van der Waals surface area contributed by atoms with Crippen molar-refractivity contribution < 1.29 is 0 Å². The van der Waals surface area contributed by atoms with Crippen LogP contribution in [0.3, 0.4) is 0 Å². The van der Waals surface area contributed by atoms with Gasteiger partial charge in [0.1, 0.15) is 25.0 Å². The quantitative estimate of drug-likeness (QED) is 0.672. The van der Waals surface area contributed by atoms with Gasteiger partial charge >= 0.3 is 0 Å². The lowest BCUT2D eigenvalue weighted by Crippen LogP contribution is -2.27. The third-order valence-corrected chi connectivity index (χ3v) is 5.29. The summed E-state index contributed by atoms with van der Waals surface area (Å²) in [5, 5.41) is 9.08. The molecule has 4 rings (SSSR count). The average Bonchev–Trinajstić information content (AvgIpc) is 3.39. The summed E-state index contributed by atoms with van der Waals surface area (Å²) in [6, 6.07) is 6.78. The van der Waals surface area contributed by atoms with Crippen LogP contribution in [-0.4, -0.2) is 47.5 Å². The standard InChI is InChI=1S/C20H27N7/c1-4-17(25-9-5-6-10-25)20-23-19(12-26-14-21-13-22-26)24-27(20)18-8-7-15(2)11-16(18)3/h7-8,11,13-14,17H,4-6,9-10,12H2,1-3H3/t17-/m1/s1. The van der Waals surface area contributed by atoms with Gasteiger partial charge in [0.15, 0.2) is 5.82 Å². The number of likely N-dealkylation sites (tertiary alicyclic amines) is 1. The fourth-order valence-corrected chi connectivity index (χ4v) is 3.99. The van der Waals surface area contributed by atoms with Gasteiger partial charge in [-0.05, 0) is 57.8 Å². The van der Waals surface area contributed by atoms with E-state index in [1.54, 1.807) is 17.3 Å². The lowest BCUT2D eigenvalue weighted by Gasteiger charge is -2.26. The molecule has 1 aliphatic rings. The van der Waals surface area contributed by atoms with Gasteiger partial charge in [0, 0.05) is 0 Å². The molecule has 1 saturated heterocycles. The van der Waals surface area contributed by atoms with Gasteiger partial charge in [-0.25, -0.2) is 19.3 Å². The van der Waals surface area contributed by atoms with E-state index in [0.717, 1.165) is 36.8 Å². The molecule has 142 valence electrons. The van der Waals surface area contributed by atoms with E-state index in [0.29, 0.717) is 6.54 Å². The maximum atomic E-state index is 4.96. The van der Waals surface area contributed by atoms with E-state index in [-0.39, 0.29) is 6.04 Å². The molecule has 2 aromatic heterocycles. The molecule has 1 aliphatic heterocycles. The lowest BCUT2D eigenvalue weighted by molar-refractivity contribution is 0.227. The van der Waals surface area contributed by atoms with Crippen LogP contribution in [0.25, 0.3) is 5.69 Å². The highest BCUT2D eigenvalue weighted by Gasteiger charge is 2.28. The van der Waals surface area contributed by atoms with Crippen molar-refractivity contribution in [2.45, 2.75) is 52.6 Å². The number of aromatic nitrogens is 6. The Morgan fingerprint density at radius 2 is 1.96 bits per heavy atom. The zero-order valence-electron chi connectivity index (χ0n) is 16.3. The van der Waals surface area contributed by atoms with E-state index in [9.17, 15) is 0 Å². The molecule has 0 amide bonds. The lowest BCUT2D eigenvalue weighted by atomic mass is 10.1. The summed E-state index contributed by atoms with van der Waals surface area (Å²) in [7, 11) is 0. The number of rotatable bonds is 6. The first-order valence-electron chi connectivity index (χ1n) is 9.75. The molecule has 1 atom stereocenters. The zero-order valence-corrected chi connectivity index (χ0v) is 16.3. The normalized spacial score (nSPS) is 16.1. The topological polar surface area (TPSA) is 64.7 Å². The minimum Gasteiger partial charge on any atom is -0.293 e. The minimum absolute atomic E-state index is 0.283. The molecule has 0 unspecified atom stereocenters. The summed E-state index contributed by atoms with van der Waals surface area (Å²) in [6.45, 7) is 9.30. The first-order chi connectivity index (χ1) is 13.2. The molecule has 1 aromatic carbocycles. The second-order valence-corrected chi connectivity index (χ2v) is 7.35. The van der Waals surface area contributed by atoms with Gasteiger partial charge in [-0.15, -0.1) is 5.10 Å². The molecule has 0 saturated carbocycles. The average molecular weight is 365 g/mol. The minimum atomic E-state index is 0.283. The Morgan fingerprint density at radius 1 is 1.15 bits per heavy atom. The SMILES string of the molecule is CC[C@H](c1nc(Cn2cncn2)nn1-c1ccc(C)cc1C)N1CCCC1. The van der Waals surface area contributed by atoms with Crippen molar-refractivity contribution in [1.82, 2.24) is 34.4 Å². The Morgan fingerprint density at radius 3 is 2.63 bits per heavy atom. The van der Waals surface area contributed by atoms with Gasteiger partial charge in [-0.2, -0.15) is 5.10 Å². The van der Waals surface area contributed by atoms with Crippen LogP contribution in [0.2, 0.25) is 0 Å². The summed E-state index contributed by atoms with van der Waals surface area (Å²) >= 11 is 0. The van der Waals surface area contributed by atoms with Crippen LogP contribution in [0, 0.1) is 13.8 Å². The first-order valence-corrected chi connectivity index (χ1v) is 9.75. The third kappa shape index (κ3) is 3.64. The third-order valence-electron chi connectivity index (χ3n) is 5.29. The summed E-state index contributed by atoms with van der Waals surface area (Å²) < 4.78 is 3.82. The molecule has 7 heteroatoms. The molecule has 27 heavy (non-hydrogen) atoms. The monoisotopic (exact) mass is 365 g/mol. The predicted molar refractivity (Wildman–Crippen MR) is 104 cm³/mol. The van der Waals surface area contributed by atoms with Crippen molar-refractivity contribution in [3.8, 4) is 5.69 Å². The van der Waals surface area contributed by atoms with Crippen molar-refractivity contribution in [1.29, 1.82) is 0 Å². The number of nitrogens with zero attached hydrogens (tertiary/aromatic N) is 7. The van der Waals surface area contributed by atoms with Crippen LogP contribution in [0.1, 0.15) is 55.0 Å². The first kappa shape index (κ1) is 17.9.